The molecule has 0 fully saturated rings. The van der Waals surface area contributed by atoms with Crippen molar-refractivity contribution in [2.75, 3.05) is 39.6 Å². The van der Waals surface area contributed by atoms with Gasteiger partial charge in [-0.3, -0.25) is 37.3 Å². The summed E-state index contributed by atoms with van der Waals surface area (Å²) in [6.45, 7) is 4.36. The number of hydrogen-bond donors (Lipinski definition) is 3. The van der Waals surface area contributed by atoms with E-state index in [0.29, 0.717) is 38.5 Å². The molecule has 5 atom stereocenters. The smallest absolute Gasteiger partial charge is 0.462 e. The topological polar surface area (TPSA) is 237 Å². The lowest BCUT2D eigenvalue weighted by atomic mass is 10.1. The zero-order valence-corrected chi connectivity index (χ0v) is 67.3. The molecule has 600 valence electrons. The van der Waals surface area contributed by atoms with Gasteiger partial charge in [-0.25, -0.2) is 9.13 Å². The monoisotopic (exact) mass is 1520 g/mol. The number of hydrogen-bond acceptors (Lipinski definition) is 15. The van der Waals surface area contributed by atoms with E-state index in [2.05, 4.69) is 192 Å². The zero-order chi connectivity index (χ0) is 77.4. The van der Waals surface area contributed by atoms with Crippen LogP contribution in [0.25, 0.3) is 0 Å². The fourth-order valence-corrected chi connectivity index (χ4v) is 11.4. The van der Waals surface area contributed by atoms with E-state index in [4.69, 9.17) is 37.0 Å². The average molecular weight is 1520 g/mol. The van der Waals surface area contributed by atoms with E-state index >= 15 is 0 Å². The molecular formula is C87H140O17P2. The third kappa shape index (κ3) is 76.4. The molecule has 0 saturated carbocycles. The Kier molecular flexibility index (Phi) is 73.1. The molecule has 5 unspecified atom stereocenters. The maximum Gasteiger partial charge on any atom is 0.472 e. The first kappa shape index (κ1) is 100. The van der Waals surface area contributed by atoms with Crippen molar-refractivity contribution in [1.29, 1.82) is 0 Å². The van der Waals surface area contributed by atoms with Crippen LogP contribution in [0, 0.1) is 0 Å². The highest BCUT2D eigenvalue weighted by Crippen LogP contribution is 2.45. The highest BCUT2D eigenvalue weighted by atomic mass is 31.2. The predicted octanol–water partition coefficient (Wildman–Crippen LogP) is 23.6. The van der Waals surface area contributed by atoms with Crippen molar-refractivity contribution in [3.63, 3.8) is 0 Å². The second-order valence-electron chi connectivity index (χ2n) is 25.9. The molecule has 106 heavy (non-hydrogen) atoms. The van der Waals surface area contributed by atoms with Crippen LogP contribution in [0.2, 0.25) is 0 Å². The quantitative estimate of drug-likeness (QED) is 0.0169. The minimum atomic E-state index is -5.01. The Labute approximate surface area is 641 Å². The Morgan fingerprint density at radius 1 is 0.274 bits per heavy atom. The van der Waals surface area contributed by atoms with Crippen LogP contribution in [-0.4, -0.2) is 96.7 Å². The van der Waals surface area contributed by atoms with Crippen molar-refractivity contribution in [3.05, 3.63) is 182 Å². The molecule has 0 saturated heterocycles. The molecule has 0 heterocycles. The van der Waals surface area contributed by atoms with Gasteiger partial charge < -0.3 is 33.8 Å². The SMILES string of the molecule is CC/C=C\C/C=C\C/C=C\C/C=C\C/C=C\C/C=C\CCC(=O)OCC(COP(=O)(O)OCC(O)COP(=O)(O)OCC(COC(=O)CCCCCCCC/C=C\C/C=C\C/C=C\CCCCC)OC(=O)CCCC/C=C\C/C=C\C/C=C\C/C=C\CC)OC(=O)CCCCCCC/C=C\C/C=C\CCC. The van der Waals surface area contributed by atoms with E-state index in [0.717, 1.165) is 173 Å². The van der Waals surface area contributed by atoms with Crippen LogP contribution >= 0.6 is 15.6 Å². The molecule has 17 nitrogen and oxygen atoms in total. The summed E-state index contributed by atoms with van der Waals surface area (Å²) in [5.74, 6) is -2.37. The van der Waals surface area contributed by atoms with Crippen LogP contribution in [-0.2, 0) is 65.4 Å². The van der Waals surface area contributed by atoms with Crippen LogP contribution in [0.15, 0.2) is 182 Å². The summed E-state index contributed by atoms with van der Waals surface area (Å²) in [7, 11) is -10.0. The summed E-state index contributed by atoms with van der Waals surface area (Å²) < 4.78 is 68.5. The van der Waals surface area contributed by atoms with E-state index in [1.165, 1.54) is 19.3 Å². The second kappa shape index (κ2) is 77.3. The van der Waals surface area contributed by atoms with Crippen molar-refractivity contribution in [2.24, 2.45) is 0 Å². The van der Waals surface area contributed by atoms with Gasteiger partial charge in [-0.05, 0) is 167 Å². The minimum absolute atomic E-state index is 0.0255. The first-order valence-corrected chi connectivity index (χ1v) is 43.0. The number of unbranched alkanes of at least 4 members (excludes halogenated alkanes) is 17. The summed E-state index contributed by atoms with van der Waals surface area (Å²) in [4.78, 5) is 73.0. The summed E-state index contributed by atoms with van der Waals surface area (Å²) in [6.07, 6.45) is 93.2. The van der Waals surface area contributed by atoms with E-state index < -0.39 is 97.5 Å². The number of phosphoric acid groups is 2. The summed E-state index contributed by atoms with van der Waals surface area (Å²) >= 11 is 0. The number of allylic oxidation sites excluding steroid dienone is 30. The largest absolute Gasteiger partial charge is 0.472 e. The van der Waals surface area contributed by atoms with Crippen LogP contribution in [0.5, 0.6) is 0 Å². The zero-order valence-electron chi connectivity index (χ0n) is 65.5. The van der Waals surface area contributed by atoms with E-state index in [1.807, 2.05) is 18.2 Å². The van der Waals surface area contributed by atoms with Crippen molar-refractivity contribution in [2.45, 2.75) is 303 Å². The lowest BCUT2D eigenvalue weighted by molar-refractivity contribution is -0.161. The molecule has 0 amide bonds. The highest BCUT2D eigenvalue weighted by Gasteiger charge is 2.30. The molecule has 0 spiro atoms. The van der Waals surface area contributed by atoms with Crippen LogP contribution in [0.4, 0.5) is 0 Å². The average Bonchev–Trinajstić information content (AvgIpc) is 0.901. The van der Waals surface area contributed by atoms with Crippen LogP contribution < -0.4 is 0 Å². The maximum atomic E-state index is 13.1. The van der Waals surface area contributed by atoms with E-state index in [9.17, 15) is 43.2 Å². The molecule has 0 aromatic heterocycles. The summed E-state index contributed by atoms with van der Waals surface area (Å²) in [6, 6.07) is 0. The molecule has 0 bridgehead atoms. The minimum Gasteiger partial charge on any atom is -0.462 e. The van der Waals surface area contributed by atoms with Crippen molar-refractivity contribution in [1.82, 2.24) is 0 Å². The Morgan fingerprint density at radius 2 is 0.528 bits per heavy atom. The standard InChI is InChI=1S/C87H140O17P2/c1-5-9-13-17-21-25-29-33-36-38-40-42-45-48-51-55-59-63-67-71-84(89)97-77-82(103-86(91)73-69-65-61-57-53-47-32-28-24-20-16-12-8-4)79-101-105(93,94)99-75-81(88)76-100-106(95,96)102-80-83(104-87(92)74-70-66-62-58-54-50-44-35-31-27-23-19-15-11-7-3)78-98-85(90)72-68-64-60-56-52-49-46-43-41-39-37-34-30-26-22-18-14-10-6-2/h9,11,13,15-16,20-23,25-28,32-37,40-44,48,51,54,58-59,63,81-83,88H,5-8,10,12,14,17-19,24,29-31,38-39,45-47,49-50,52-53,55-57,60-62,64-80H2,1-4H3,(H,93,94)(H,95,96)/b13-9-,15-11-,20-16-,25-21-,26-22-,27-23-,32-28-,36-33-,37-34-,42-40-,43-41-,44-35-,51-48-,58-54-,63-59-. The molecule has 19 heteroatoms. The van der Waals surface area contributed by atoms with Gasteiger partial charge in [-0.15, -0.1) is 0 Å². The van der Waals surface area contributed by atoms with Crippen LogP contribution in [0.1, 0.15) is 285 Å². The van der Waals surface area contributed by atoms with E-state index in [1.54, 1.807) is 0 Å². The Hall–Kier alpha value is -5.84. The van der Waals surface area contributed by atoms with Crippen molar-refractivity contribution < 1.29 is 80.2 Å². The molecular weight excluding hydrogens is 1380 g/mol. The number of esters is 4. The van der Waals surface area contributed by atoms with Gasteiger partial charge in [-0.1, -0.05) is 274 Å². The number of phosphoric ester groups is 2. The van der Waals surface area contributed by atoms with E-state index in [-0.39, 0.29) is 25.7 Å². The maximum absolute atomic E-state index is 13.1. The second-order valence-corrected chi connectivity index (χ2v) is 28.8. The molecule has 0 aromatic rings. The van der Waals surface area contributed by atoms with Gasteiger partial charge in [0.05, 0.1) is 26.4 Å². The van der Waals surface area contributed by atoms with Gasteiger partial charge in [-0.2, -0.15) is 0 Å². The highest BCUT2D eigenvalue weighted by molar-refractivity contribution is 7.47. The number of aliphatic hydroxyl groups is 1. The number of carbonyl (C=O) groups is 4. The fraction of sp³-hybridized carbons (Fsp3) is 0.609. The predicted molar refractivity (Wildman–Crippen MR) is 436 cm³/mol. The lowest BCUT2D eigenvalue weighted by Gasteiger charge is -2.21. The van der Waals surface area contributed by atoms with Crippen molar-refractivity contribution >= 4 is 39.5 Å². The number of carbonyl (C=O) groups excluding carboxylic acids is 4. The molecule has 0 rings (SSSR count). The number of ether oxygens (including phenoxy) is 4. The number of aliphatic hydroxyl groups excluding tert-OH is 1. The van der Waals surface area contributed by atoms with Gasteiger partial charge >= 0.3 is 39.5 Å². The van der Waals surface area contributed by atoms with Crippen LogP contribution in [0.3, 0.4) is 0 Å². The Bertz CT molecular complexity index is 2730. The molecule has 0 radical (unpaired) electrons. The summed E-state index contributed by atoms with van der Waals surface area (Å²) in [5.41, 5.74) is 0. The molecule has 0 aliphatic rings. The normalized spacial score (nSPS) is 14.8. The van der Waals surface area contributed by atoms with Gasteiger partial charge in [0.25, 0.3) is 0 Å². The Morgan fingerprint density at radius 3 is 0.868 bits per heavy atom. The summed E-state index contributed by atoms with van der Waals surface area (Å²) in [5, 5.41) is 10.6. The third-order valence-electron chi connectivity index (χ3n) is 15.8. The van der Waals surface area contributed by atoms with Gasteiger partial charge in [0.1, 0.15) is 19.3 Å². The first-order valence-electron chi connectivity index (χ1n) is 40.0. The lowest BCUT2D eigenvalue weighted by Crippen LogP contribution is -2.30. The van der Waals surface area contributed by atoms with Gasteiger partial charge in [0.2, 0.25) is 0 Å². The molecule has 0 aliphatic heterocycles. The fourth-order valence-electron chi connectivity index (χ4n) is 9.81. The molecule has 3 N–H and O–H groups in total. The Balaban J connectivity index is 5.47. The van der Waals surface area contributed by atoms with Crippen molar-refractivity contribution in [3.8, 4) is 0 Å². The third-order valence-corrected chi connectivity index (χ3v) is 17.7. The molecule has 0 aliphatic carbocycles. The molecule has 0 aromatic carbocycles. The first-order chi connectivity index (χ1) is 51.7. The number of rotatable bonds is 73. The van der Waals surface area contributed by atoms with Gasteiger partial charge in [0.15, 0.2) is 12.2 Å². The van der Waals surface area contributed by atoms with Gasteiger partial charge in [0, 0.05) is 25.7 Å².